The molecule has 0 aromatic heterocycles. The third-order valence-corrected chi connectivity index (χ3v) is 16.7. The van der Waals surface area contributed by atoms with Gasteiger partial charge in [0, 0.05) is 64.9 Å². The summed E-state index contributed by atoms with van der Waals surface area (Å²) in [5, 5.41) is 0. The highest BCUT2D eigenvalue weighted by molar-refractivity contribution is 8.00. The fourth-order valence-corrected chi connectivity index (χ4v) is 13.1. The molecule has 0 saturated carbocycles. The number of ether oxygens (including phenoxy) is 4. The molecule has 0 N–H and O–H groups in total. The van der Waals surface area contributed by atoms with Crippen LogP contribution >= 0.6 is 32.0 Å². The highest BCUT2D eigenvalue weighted by Gasteiger charge is 2.42. The Morgan fingerprint density at radius 1 is 0.516 bits per heavy atom. The minimum atomic E-state index is -1.40. The second-order valence-corrected chi connectivity index (χ2v) is 19.9. The zero-order valence-corrected chi connectivity index (χ0v) is 40.1. The minimum Gasteiger partial charge on any atom is -0.349 e. The Kier molecular flexibility index (Phi) is 17.5. The molecule has 0 aliphatic heterocycles. The van der Waals surface area contributed by atoms with Gasteiger partial charge in [-0.2, -0.15) is 0 Å². The highest BCUT2D eigenvalue weighted by Crippen LogP contribution is 2.54. The molecule has 0 bridgehead atoms. The van der Waals surface area contributed by atoms with Crippen LogP contribution in [0.1, 0.15) is 62.8 Å². The molecule has 4 aromatic rings. The van der Waals surface area contributed by atoms with E-state index in [0.29, 0.717) is 26.1 Å². The summed E-state index contributed by atoms with van der Waals surface area (Å²) >= 11 is 3.78. The Hall–Kier alpha value is -3.31. The highest BCUT2D eigenvalue weighted by atomic mass is 32.2. The summed E-state index contributed by atoms with van der Waals surface area (Å²) in [5.74, 6) is -0.118. The van der Waals surface area contributed by atoms with Crippen molar-refractivity contribution in [2.75, 3.05) is 53.2 Å². The second kappa shape index (κ2) is 22.5. The molecule has 0 fully saturated rings. The van der Waals surface area contributed by atoms with Crippen molar-refractivity contribution in [2.24, 2.45) is 0 Å². The fourth-order valence-electron chi connectivity index (χ4n) is 8.46. The van der Waals surface area contributed by atoms with E-state index in [9.17, 15) is 0 Å². The monoisotopic (exact) mass is 893 g/mol. The maximum absolute atomic E-state index is 6.93. The topological polar surface area (TPSA) is 58.6 Å². The Morgan fingerprint density at radius 2 is 0.823 bits per heavy atom. The summed E-state index contributed by atoms with van der Waals surface area (Å²) in [4.78, 5) is 0. The molecule has 0 saturated heterocycles. The SMILES string of the molecule is COC1(OC)C=CC(C(SCCOP(OCCSC(C2=CCC(OC)(OC)C=C2)(c2ccccc2)c2ccccc2)N(C(C)C)C(C)C)(c2ccccc2)c2ccccc2)=CC1. The molecule has 62 heavy (non-hydrogen) atoms. The molecule has 0 heterocycles. The summed E-state index contributed by atoms with van der Waals surface area (Å²) < 4.78 is 38.5. The Bertz CT molecular complexity index is 1860. The Morgan fingerprint density at radius 3 is 1.06 bits per heavy atom. The summed E-state index contributed by atoms with van der Waals surface area (Å²) in [5.41, 5.74) is 7.18. The van der Waals surface area contributed by atoms with Gasteiger partial charge in [-0.3, -0.25) is 0 Å². The second-order valence-electron chi connectivity index (χ2n) is 15.8. The Balaban J connectivity index is 1.25. The molecule has 0 radical (unpaired) electrons. The van der Waals surface area contributed by atoms with E-state index in [1.54, 1.807) is 28.4 Å². The third-order valence-electron chi connectivity index (χ3n) is 11.6. The normalized spacial score (nSPS) is 16.3. The van der Waals surface area contributed by atoms with Gasteiger partial charge in [0.25, 0.3) is 8.53 Å². The number of benzene rings is 4. The van der Waals surface area contributed by atoms with E-state index in [1.165, 1.54) is 33.4 Å². The molecule has 0 unspecified atom stereocenters. The molecule has 7 nitrogen and oxygen atoms in total. The number of hydrogen-bond donors (Lipinski definition) is 0. The average Bonchev–Trinajstić information content (AvgIpc) is 3.32. The van der Waals surface area contributed by atoms with E-state index in [-0.39, 0.29) is 12.1 Å². The van der Waals surface area contributed by atoms with Crippen molar-refractivity contribution in [3.8, 4) is 0 Å². The summed E-state index contributed by atoms with van der Waals surface area (Å²) in [6, 6.07) is 43.6. The first-order valence-electron chi connectivity index (χ1n) is 21.5. The summed E-state index contributed by atoms with van der Waals surface area (Å²) in [7, 11) is 5.38. The van der Waals surface area contributed by atoms with Crippen molar-refractivity contribution in [1.29, 1.82) is 0 Å². The van der Waals surface area contributed by atoms with E-state index >= 15 is 0 Å². The number of methoxy groups -OCH3 is 4. The maximum Gasteiger partial charge on any atom is 0.259 e. The average molecular weight is 894 g/mol. The van der Waals surface area contributed by atoms with Crippen molar-refractivity contribution in [3.63, 3.8) is 0 Å². The first-order valence-corrected chi connectivity index (χ1v) is 24.6. The predicted molar refractivity (Wildman–Crippen MR) is 260 cm³/mol. The molecule has 2 aliphatic rings. The van der Waals surface area contributed by atoms with Crippen LogP contribution < -0.4 is 0 Å². The summed E-state index contributed by atoms with van der Waals surface area (Å²) in [6.45, 7) is 9.91. The van der Waals surface area contributed by atoms with Gasteiger partial charge in [0.05, 0.1) is 22.7 Å². The molecule has 10 heteroatoms. The molecule has 0 amide bonds. The number of hydrogen-bond acceptors (Lipinski definition) is 9. The van der Waals surface area contributed by atoms with E-state index in [2.05, 4.69) is 178 Å². The largest absolute Gasteiger partial charge is 0.349 e. The van der Waals surface area contributed by atoms with Crippen LogP contribution in [-0.2, 0) is 37.5 Å². The van der Waals surface area contributed by atoms with Crippen molar-refractivity contribution < 1.29 is 28.0 Å². The molecular formula is C52H64NO6PS2. The van der Waals surface area contributed by atoms with Gasteiger partial charge in [-0.1, -0.05) is 146 Å². The van der Waals surface area contributed by atoms with Crippen LogP contribution in [0.15, 0.2) is 169 Å². The van der Waals surface area contributed by atoms with Gasteiger partial charge in [-0.25, -0.2) is 4.67 Å². The van der Waals surface area contributed by atoms with Gasteiger partial charge in [-0.15, -0.1) is 23.5 Å². The van der Waals surface area contributed by atoms with E-state index in [4.69, 9.17) is 28.0 Å². The molecule has 0 spiro atoms. The van der Waals surface area contributed by atoms with Crippen molar-refractivity contribution >= 4 is 32.0 Å². The van der Waals surface area contributed by atoms with Crippen LogP contribution in [-0.4, -0.2) is 81.5 Å². The molecule has 0 atom stereocenters. The van der Waals surface area contributed by atoms with Gasteiger partial charge in [0.2, 0.25) is 0 Å². The van der Waals surface area contributed by atoms with Crippen LogP contribution in [0.3, 0.4) is 0 Å². The summed E-state index contributed by atoms with van der Waals surface area (Å²) in [6.07, 6.45) is 14.2. The van der Waals surface area contributed by atoms with Crippen molar-refractivity contribution in [2.45, 2.75) is 73.7 Å². The number of rotatable bonds is 23. The number of nitrogens with zero attached hydrogens (tertiary/aromatic N) is 1. The van der Waals surface area contributed by atoms with Crippen LogP contribution in [0.5, 0.6) is 0 Å². The Labute approximate surface area is 380 Å². The van der Waals surface area contributed by atoms with Gasteiger partial charge >= 0.3 is 0 Å². The third kappa shape index (κ3) is 10.6. The van der Waals surface area contributed by atoms with E-state index < -0.39 is 29.6 Å². The van der Waals surface area contributed by atoms with Crippen molar-refractivity contribution in [1.82, 2.24) is 4.67 Å². The minimum absolute atomic E-state index is 0.223. The molecule has 330 valence electrons. The fraction of sp³-hybridized carbons (Fsp3) is 0.385. The van der Waals surface area contributed by atoms with Crippen LogP contribution in [0.4, 0.5) is 0 Å². The molecular weight excluding hydrogens is 830 g/mol. The van der Waals surface area contributed by atoms with Crippen LogP contribution in [0.25, 0.3) is 0 Å². The van der Waals surface area contributed by atoms with E-state index in [1.807, 2.05) is 35.7 Å². The smallest absolute Gasteiger partial charge is 0.259 e. The van der Waals surface area contributed by atoms with Gasteiger partial charge in [0.1, 0.15) is 0 Å². The lowest BCUT2D eigenvalue weighted by molar-refractivity contribution is -0.168. The van der Waals surface area contributed by atoms with E-state index in [0.717, 1.165) is 11.5 Å². The van der Waals surface area contributed by atoms with Crippen molar-refractivity contribution in [3.05, 3.63) is 191 Å². The number of allylic oxidation sites excluding steroid dienone is 2. The first-order chi connectivity index (χ1) is 30.1. The first kappa shape index (κ1) is 48.2. The standard InChI is InChI=1S/C52H64NO6PS2/c1-41(2)53(42(3)4)60(58-37-39-61-51(43-21-13-9-14-22-43,44-23-15-10-16-24-44)47-29-33-49(54-5,55-6)34-30-47)59-38-40-62-52(45-25-17-11-18-26-45,46-27-19-12-20-28-46)48-31-35-50(56-7,57-8)36-32-48/h9-33,35,41-42H,34,36-40H2,1-8H3. The zero-order valence-electron chi connectivity index (χ0n) is 37.6. The molecule has 4 aromatic carbocycles. The lowest BCUT2D eigenvalue weighted by Gasteiger charge is -2.40. The predicted octanol–water partition coefficient (Wildman–Crippen LogP) is 12.5. The van der Waals surface area contributed by atoms with Gasteiger partial charge in [-0.05, 0) is 73.2 Å². The number of thioether (sulfide) groups is 2. The molecule has 2 aliphatic carbocycles. The lowest BCUT2D eigenvalue weighted by Crippen LogP contribution is -2.35. The van der Waals surface area contributed by atoms with Crippen LogP contribution in [0, 0.1) is 0 Å². The van der Waals surface area contributed by atoms with Crippen LogP contribution in [0.2, 0.25) is 0 Å². The quantitative estimate of drug-likeness (QED) is 0.0412. The lowest BCUT2D eigenvalue weighted by atomic mass is 9.81. The van der Waals surface area contributed by atoms with Gasteiger partial charge < -0.3 is 28.0 Å². The zero-order chi connectivity index (χ0) is 44.1. The maximum atomic E-state index is 6.93. The van der Waals surface area contributed by atoms with Gasteiger partial charge in [0.15, 0.2) is 11.6 Å². The molecule has 6 rings (SSSR count).